The van der Waals surface area contributed by atoms with Gasteiger partial charge in [-0.1, -0.05) is 103 Å². The number of imide groups is 1. The number of urea groups is 1. The fourth-order valence-electron chi connectivity index (χ4n) is 8.70. The normalized spacial score (nSPS) is 17.5. The highest BCUT2D eigenvalue weighted by atomic mass is 32.2. The molecular weight excluding hydrogens is 937 g/mol. The molecule has 0 bridgehead atoms. The first-order chi connectivity index (χ1) is 35.1. The van der Waals surface area contributed by atoms with Gasteiger partial charge >= 0.3 is 6.03 Å². The van der Waals surface area contributed by atoms with Crippen LogP contribution in [0.2, 0.25) is 0 Å². The lowest BCUT2D eigenvalue weighted by molar-refractivity contribution is -0.136. The number of carbonyl (C=O) groups excluding carboxylic acids is 5. The van der Waals surface area contributed by atoms with Crippen LogP contribution in [-0.2, 0) is 50.1 Å². The summed E-state index contributed by atoms with van der Waals surface area (Å²) in [5.41, 5.74) is 3.56. The molecule has 3 atom stereocenters. The van der Waals surface area contributed by atoms with Crippen LogP contribution in [0, 0.1) is 17.2 Å². The number of ether oxygens (including phenoxy) is 3. The van der Waals surface area contributed by atoms with Gasteiger partial charge in [-0.2, -0.15) is 5.26 Å². The lowest BCUT2D eigenvalue weighted by Crippen LogP contribution is -2.60. The third kappa shape index (κ3) is 13.2. The van der Waals surface area contributed by atoms with E-state index in [9.17, 15) is 34.0 Å². The Kier molecular flexibility index (Phi) is 17.5. The van der Waals surface area contributed by atoms with Crippen molar-refractivity contribution in [1.29, 1.82) is 5.26 Å². The lowest BCUT2D eigenvalue weighted by atomic mass is 9.89. The number of allylic oxidation sites excluding steroid dienone is 2. The molecule has 2 saturated heterocycles. The molecule has 1 aliphatic carbocycles. The topological polar surface area (TPSA) is 214 Å². The number of benzene rings is 4. The minimum absolute atomic E-state index is 0.0710. The van der Waals surface area contributed by atoms with Crippen LogP contribution >= 0.6 is 11.8 Å². The van der Waals surface area contributed by atoms with Crippen molar-refractivity contribution < 1.29 is 38.2 Å². The van der Waals surface area contributed by atoms with Crippen molar-refractivity contribution in [3.8, 4) is 17.6 Å². The minimum atomic E-state index is -0.503. The molecule has 3 unspecified atom stereocenters. The summed E-state index contributed by atoms with van der Waals surface area (Å²) in [6, 6.07) is 30.8. The molecule has 4 aliphatic rings. The Morgan fingerprint density at radius 3 is 2.29 bits per heavy atom. The van der Waals surface area contributed by atoms with Gasteiger partial charge in [0.15, 0.2) is 16.7 Å². The van der Waals surface area contributed by atoms with E-state index in [0.29, 0.717) is 72.1 Å². The van der Waals surface area contributed by atoms with Gasteiger partial charge in [0.05, 0.1) is 46.4 Å². The van der Waals surface area contributed by atoms with Crippen molar-refractivity contribution in [2.45, 2.75) is 82.0 Å². The molecule has 3 N–H and O–H groups in total. The van der Waals surface area contributed by atoms with Gasteiger partial charge in [-0.3, -0.25) is 33.4 Å². The number of nitrogens with one attached hydrogen (secondary N) is 3. The Morgan fingerprint density at radius 1 is 0.778 bits per heavy atom. The zero-order valence-corrected chi connectivity index (χ0v) is 40.5. The first-order valence-corrected chi connectivity index (χ1v) is 25.0. The molecule has 4 heterocycles. The maximum atomic E-state index is 13.4. The van der Waals surface area contributed by atoms with Gasteiger partial charge in [0.25, 0.3) is 5.56 Å². The van der Waals surface area contributed by atoms with Crippen molar-refractivity contribution in [1.82, 2.24) is 35.3 Å². The average Bonchev–Trinajstić information content (AvgIpc) is 4.13. The maximum Gasteiger partial charge on any atom is 0.327 e. The number of aromatic nitrogens is 2. The molecule has 1 aromatic heterocycles. The molecule has 0 saturated carbocycles. The molecular formula is C54H56N8O9S. The van der Waals surface area contributed by atoms with E-state index in [1.165, 1.54) is 16.7 Å². The standard InChI is InChI=1S/C28H26N4O5.C26H30N4O4S/c29-15-20-6-1-2-7-21(20)17-32-23-9-4-3-8-22(23)27(34)31(28(32)35)13-5-10-26(33)30-16-19-11-12-24-25(14-19)37-18-36-24;31-23(27-16-19-8-2-1-3-9-19)13-6-14-30-25(33)21-11-4-5-12-22(21)29-26(30)35-18-24(32)28-17-20-10-7-15-34-20/h1-4,6-9,11-12,14,22-23H,5,10,13,16-18H2,(H,30,33);1-5,8-9,11-12,20H,6-7,10,13-18H2,(H,27,31)(H,28,32). The number of hydrogen-bond donors (Lipinski definition) is 3. The molecule has 9 rings (SSSR count). The Balaban J connectivity index is 0.000000193. The van der Waals surface area contributed by atoms with Gasteiger partial charge in [0.2, 0.25) is 30.4 Å². The van der Waals surface area contributed by atoms with E-state index in [4.69, 9.17) is 14.2 Å². The Hall–Kier alpha value is -7.75. The Labute approximate surface area is 421 Å². The van der Waals surface area contributed by atoms with Gasteiger partial charge in [-0.25, -0.2) is 9.78 Å². The fraction of sp³-hybridized carbons (Fsp3) is 0.333. The number of amides is 6. The number of carbonyl (C=O) groups is 5. The second kappa shape index (κ2) is 24.9. The summed E-state index contributed by atoms with van der Waals surface area (Å²) in [7, 11) is 0. The summed E-state index contributed by atoms with van der Waals surface area (Å²) in [5, 5.41) is 19.1. The third-order valence-corrected chi connectivity index (χ3v) is 13.5. The van der Waals surface area contributed by atoms with Gasteiger partial charge in [0.1, 0.15) is 0 Å². The van der Waals surface area contributed by atoms with Crippen LogP contribution < -0.4 is 31.0 Å². The van der Waals surface area contributed by atoms with E-state index in [0.717, 1.165) is 36.1 Å². The monoisotopic (exact) mass is 992 g/mol. The largest absolute Gasteiger partial charge is 0.454 e. The summed E-state index contributed by atoms with van der Waals surface area (Å²) in [5.74, 6) is 0.334. The van der Waals surface area contributed by atoms with Crippen LogP contribution in [0.15, 0.2) is 131 Å². The summed E-state index contributed by atoms with van der Waals surface area (Å²) in [6.45, 7) is 2.92. The first kappa shape index (κ1) is 50.6. The molecule has 4 aromatic carbocycles. The molecule has 5 aromatic rings. The van der Waals surface area contributed by atoms with E-state index in [2.05, 4.69) is 27.0 Å². The smallest absolute Gasteiger partial charge is 0.327 e. The Bertz CT molecular complexity index is 2930. The average molecular weight is 993 g/mol. The molecule has 17 nitrogen and oxygen atoms in total. The van der Waals surface area contributed by atoms with Crippen LogP contribution in [0.4, 0.5) is 4.79 Å². The molecule has 0 radical (unpaired) electrons. The summed E-state index contributed by atoms with van der Waals surface area (Å²) < 4.78 is 17.8. The molecule has 372 valence electrons. The van der Waals surface area contributed by atoms with E-state index in [-0.39, 0.29) is 73.8 Å². The quantitative estimate of drug-likeness (QED) is 0.0629. The number of rotatable bonds is 19. The summed E-state index contributed by atoms with van der Waals surface area (Å²) in [6.07, 6.45) is 10.6. The number of para-hydroxylation sites is 1. The fourth-order valence-corrected chi connectivity index (χ4v) is 9.55. The Morgan fingerprint density at radius 2 is 1.50 bits per heavy atom. The SMILES string of the molecule is N#Cc1ccccc1CN1C(=O)N(CCCC(=O)NCc2ccc3c(c2)OCO3)C(=O)C2C=CC=CC21.O=C(CCCn1c(SCC(=O)NCC2CCCO2)nc2ccccc2c1=O)NCc1ccccc1. The van der Waals surface area contributed by atoms with Crippen LogP contribution in [0.5, 0.6) is 11.5 Å². The summed E-state index contributed by atoms with van der Waals surface area (Å²) >= 11 is 1.23. The number of nitrogens with zero attached hydrogens (tertiary/aromatic N) is 5. The van der Waals surface area contributed by atoms with Gasteiger partial charge < -0.3 is 35.1 Å². The number of nitriles is 1. The van der Waals surface area contributed by atoms with Gasteiger partial charge in [-0.05, 0) is 72.7 Å². The first-order valence-electron chi connectivity index (χ1n) is 24.1. The van der Waals surface area contributed by atoms with Crippen molar-refractivity contribution in [3.05, 3.63) is 154 Å². The van der Waals surface area contributed by atoms with Crippen LogP contribution in [0.3, 0.4) is 0 Å². The van der Waals surface area contributed by atoms with E-state index >= 15 is 0 Å². The molecule has 2 fully saturated rings. The van der Waals surface area contributed by atoms with Crippen LogP contribution in [-0.4, -0.2) is 93.4 Å². The van der Waals surface area contributed by atoms with Crippen molar-refractivity contribution in [3.63, 3.8) is 0 Å². The predicted molar refractivity (Wildman–Crippen MR) is 269 cm³/mol. The van der Waals surface area contributed by atoms with E-state index in [1.807, 2.05) is 72.8 Å². The highest BCUT2D eigenvalue weighted by molar-refractivity contribution is 7.99. The molecule has 18 heteroatoms. The van der Waals surface area contributed by atoms with Gasteiger partial charge in [0, 0.05) is 58.7 Å². The number of fused-ring (bicyclic) bond motifs is 3. The molecule has 0 spiro atoms. The highest BCUT2D eigenvalue weighted by Crippen LogP contribution is 2.33. The van der Waals surface area contributed by atoms with Crippen molar-refractivity contribution >= 4 is 52.3 Å². The van der Waals surface area contributed by atoms with Gasteiger partial charge in [-0.15, -0.1) is 0 Å². The second-order valence-electron chi connectivity index (χ2n) is 17.5. The number of hydrogen-bond acceptors (Lipinski definition) is 12. The number of thioether (sulfide) groups is 1. The van der Waals surface area contributed by atoms with Crippen molar-refractivity contribution in [2.24, 2.45) is 5.92 Å². The second-order valence-corrected chi connectivity index (χ2v) is 18.4. The maximum absolute atomic E-state index is 13.4. The zero-order valence-electron chi connectivity index (χ0n) is 39.7. The lowest BCUT2D eigenvalue weighted by Gasteiger charge is -2.43. The minimum Gasteiger partial charge on any atom is -0.454 e. The molecule has 6 amide bonds. The predicted octanol–water partition coefficient (Wildman–Crippen LogP) is 6.14. The third-order valence-electron chi connectivity index (χ3n) is 12.5. The highest BCUT2D eigenvalue weighted by Gasteiger charge is 2.44. The zero-order chi connectivity index (χ0) is 50.2. The van der Waals surface area contributed by atoms with E-state index < -0.39 is 18.0 Å². The van der Waals surface area contributed by atoms with Crippen molar-refractivity contribution in [2.75, 3.05) is 32.2 Å². The molecule has 72 heavy (non-hydrogen) atoms. The van der Waals surface area contributed by atoms with Crippen LogP contribution in [0.1, 0.15) is 60.8 Å². The molecule has 3 aliphatic heterocycles. The summed E-state index contributed by atoms with van der Waals surface area (Å²) in [4.78, 5) is 84.4. The van der Waals surface area contributed by atoms with E-state index in [1.54, 1.807) is 58.0 Å². The van der Waals surface area contributed by atoms with Crippen LogP contribution in [0.25, 0.3) is 10.9 Å².